The number of anilines is 1. The molecule has 3 heterocycles. The fourth-order valence-electron chi connectivity index (χ4n) is 6.41. The van der Waals surface area contributed by atoms with E-state index in [-0.39, 0.29) is 18.4 Å². The van der Waals surface area contributed by atoms with Crippen LogP contribution in [0.3, 0.4) is 0 Å². The average Bonchev–Trinajstić information content (AvgIpc) is 3.59. The Hall–Kier alpha value is -3.35. The average molecular weight is 619 g/mol. The first-order chi connectivity index (χ1) is 21.5. The number of aliphatic hydroxyl groups is 1. The largest absolute Gasteiger partial charge is 0.394 e. The lowest BCUT2D eigenvalue weighted by Gasteiger charge is -2.42. The predicted octanol–water partition coefficient (Wildman–Crippen LogP) is 3.46. The van der Waals surface area contributed by atoms with Gasteiger partial charge in [-0.2, -0.15) is 0 Å². The van der Waals surface area contributed by atoms with Crippen molar-refractivity contribution in [2.75, 3.05) is 64.0 Å². The summed E-state index contributed by atoms with van der Waals surface area (Å²) in [7, 11) is 0. The van der Waals surface area contributed by atoms with Crippen LogP contribution in [0.2, 0.25) is 0 Å². The summed E-state index contributed by atoms with van der Waals surface area (Å²) in [5.74, 6) is -0.517. The maximum absolute atomic E-state index is 13.6. The van der Waals surface area contributed by atoms with Crippen molar-refractivity contribution in [1.29, 1.82) is 0 Å². The molecule has 2 amide bonds. The van der Waals surface area contributed by atoms with Crippen LogP contribution in [0.25, 0.3) is 11.3 Å². The van der Waals surface area contributed by atoms with E-state index in [2.05, 4.69) is 30.9 Å². The maximum Gasteiger partial charge on any atom is 0.252 e. The second kappa shape index (κ2) is 14.2. The molecule has 3 aliphatic rings. The van der Waals surface area contributed by atoms with Crippen molar-refractivity contribution < 1.29 is 19.4 Å². The number of amides is 2. The Morgan fingerprint density at radius 1 is 0.909 bits per heavy atom. The van der Waals surface area contributed by atoms with Crippen molar-refractivity contribution in [2.45, 2.75) is 43.7 Å². The van der Waals surface area contributed by atoms with E-state index in [9.17, 15) is 14.7 Å². The Bertz CT molecular complexity index is 1380. The third-order valence-corrected chi connectivity index (χ3v) is 9.93. The van der Waals surface area contributed by atoms with Gasteiger partial charge in [-0.25, -0.2) is 15.0 Å². The molecule has 1 aliphatic carbocycles. The van der Waals surface area contributed by atoms with Gasteiger partial charge in [0.15, 0.2) is 5.13 Å². The molecular formula is C33H42N6O4S. The molecule has 1 aromatic heterocycles. The smallest absolute Gasteiger partial charge is 0.252 e. The molecule has 11 heteroatoms. The van der Waals surface area contributed by atoms with Crippen molar-refractivity contribution in [3.63, 3.8) is 0 Å². The molecule has 0 spiro atoms. The second-order valence-corrected chi connectivity index (χ2v) is 12.7. The summed E-state index contributed by atoms with van der Waals surface area (Å²) in [5, 5.41) is 24.0. The zero-order valence-corrected chi connectivity index (χ0v) is 25.9. The molecule has 2 aromatic carbocycles. The molecule has 0 unspecified atom stereocenters. The SMILES string of the molecule is O=C(NC1(C(=O)N[C@H](CO)c2ccccc2)CCCCC1)c1ccc(-c2csc(N3CCN(N4CCOCC4)CC3)n2)cc1. The molecule has 3 N–H and O–H groups in total. The molecule has 10 nitrogen and oxygen atoms in total. The van der Waals surface area contributed by atoms with E-state index in [1.54, 1.807) is 23.5 Å². The van der Waals surface area contributed by atoms with Gasteiger partial charge in [0.25, 0.3) is 5.91 Å². The van der Waals surface area contributed by atoms with Gasteiger partial charge in [-0.3, -0.25) is 9.59 Å². The first-order valence-electron chi connectivity index (χ1n) is 15.7. The molecule has 0 bridgehead atoms. The van der Waals surface area contributed by atoms with Crippen LogP contribution in [0.4, 0.5) is 5.13 Å². The summed E-state index contributed by atoms with van der Waals surface area (Å²) in [5.41, 5.74) is 2.17. The van der Waals surface area contributed by atoms with Crippen LogP contribution >= 0.6 is 11.3 Å². The highest BCUT2D eigenvalue weighted by Gasteiger charge is 2.42. The van der Waals surface area contributed by atoms with Gasteiger partial charge < -0.3 is 25.4 Å². The standard InChI is InChI=1S/C33H42N6O4S/c40-23-28(25-7-3-1-4-8-25)34-31(42)33(13-5-2-6-14-33)36-30(41)27-11-9-26(10-12-27)29-24-44-32(35-29)37-15-17-38(18-16-37)39-19-21-43-22-20-39/h1,3-4,7-12,24,28,40H,2,5-6,13-23H2,(H,34,42)(H,36,41)/t28-/m1/s1. The zero-order chi connectivity index (χ0) is 30.4. The number of carbonyl (C=O) groups is 2. The molecule has 3 fully saturated rings. The maximum atomic E-state index is 13.6. The monoisotopic (exact) mass is 618 g/mol. The highest BCUT2D eigenvalue weighted by Crippen LogP contribution is 2.31. The van der Waals surface area contributed by atoms with Crippen LogP contribution in [0.1, 0.15) is 54.1 Å². The van der Waals surface area contributed by atoms with Gasteiger partial charge >= 0.3 is 0 Å². The van der Waals surface area contributed by atoms with Crippen LogP contribution in [0.15, 0.2) is 60.0 Å². The van der Waals surface area contributed by atoms with E-state index in [1.165, 1.54) is 0 Å². The van der Waals surface area contributed by atoms with Gasteiger partial charge in [-0.15, -0.1) is 11.3 Å². The first-order valence-corrected chi connectivity index (χ1v) is 16.6. The summed E-state index contributed by atoms with van der Waals surface area (Å²) >= 11 is 1.65. The van der Waals surface area contributed by atoms with Gasteiger partial charge in [-0.1, -0.05) is 61.7 Å². The van der Waals surface area contributed by atoms with Gasteiger partial charge in [0, 0.05) is 55.8 Å². The number of morpholine rings is 1. The van der Waals surface area contributed by atoms with Crippen molar-refractivity contribution in [2.24, 2.45) is 0 Å². The Labute approximate surface area is 263 Å². The predicted molar refractivity (Wildman–Crippen MR) is 171 cm³/mol. The molecule has 3 aromatic rings. The summed E-state index contributed by atoms with van der Waals surface area (Å²) in [6, 6.07) is 16.4. The number of ether oxygens (including phenoxy) is 1. The van der Waals surface area contributed by atoms with E-state index in [1.807, 2.05) is 42.5 Å². The van der Waals surface area contributed by atoms with Crippen LogP contribution in [0, 0.1) is 0 Å². The molecule has 0 radical (unpaired) electrons. The van der Waals surface area contributed by atoms with E-state index < -0.39 is 11.6 Å². The van der Waals surface area contributed by atoms with Crippen LogP contribution in [-0.2, 0) is 9.53 Å². The Balaban J connectivity index is 1.08. The molecule has 2 aliphatic heterocycles. The van der Waals surface area contributed by atoms with Crippen molar-refractivity contribution in [3.05, 3.63) is 71.1 Å². The highest BCUT2D eigenvalue weighted by atomic mass is 32.1. The molecule has 234 valence electrons. The topological polar surface area (TPSA) is 110 Å². The number of piperazine rings is 1. The normalized spacial score (nSPS) is 20.2. The molecule has 2 saturated heterocycles. The van der Waals surface area contributed by atoms with Gasteiger partial charge in [0.1, 0.15) is 5.54 Å². The summed E-state index contributed by atoms with van der Waals surface area (Å²) in [6.07, 6.45) is 3.88. The summed E-state index contributed by atoms with van der Waals surface area (Å²) in [6.45, 7) is 7.12. The number of nitrogens with zero attached hydrogens (tertiary/aromatic N) is 4. The van der Waals surface area contributed by atoms with Crippen molar-refractivity contribution in [1.82, 2.24) is 25.6 Å². The fourth-order valence-corrected chi connectivity index (χ4v) is 7.30. The summed E-state index contributed by atoms with van der Waals surface area (Å²) in [4.78, 5) is 34.4. The zero-order valence-electron chi connectivity index (χ0n) is 25.1. The fraction of sp³-hybridized carbons (Fsp3) is 0.485. The number of aromatic nitrogens is 1. The lowest BCUT2D eigenvalue weighted by atomic mass is 9.80. The van der Waals surface area contributed by atoms with E-state index in [0.29, 0.717) is 18.4 Å². The van der Waals surface area contributed by atoms with Crippen LogP contribution in [-0.4, -0.2) is 96.6 Å². The van der Waals surface area contributed by atoms with Gasteiger partial charge in [-0.05, 0) is 30.5 Å². The number of hydrazine groups is 1. The number of benzene rings is 2. The number of thiazole rings is 1. The van der Waals surface area contributed by atoms with E-state index in [4.69, 9.17) is 9.72 Å². The van der Waals surface area contributed by atoms with Gasteiger partial charge in [0.05, 0.1) is 31.6 Å². The molecule has 1 saturated carbocycles. The third kappa shape index (κ3) is 6.97. The number of rotatable bonds is 9. The number of nitrogens with one attached hydrogen (secondary N) is 2. The second-order valence-electron chi connectivity index (χ2n) is 11.8. The Morgan fingerprint density at radius 3 is 2.27 bits per heavy atom. The molecule has 1 atom stereocenters. The quantitative estimate of drug-likeness (QED) is 0.335. The Morgan fingerprint density at radius 2 is 1.59 bits per heavy atom. The van der Waals surface area contributed by atoms with Gasteiger partial charge in [0.2, 0.25) is 5.91 Å². The molecular weight excluding hydrogens is 576 g/mol. The minimum Gasteiger partial charge on any atom is -0.394 e. The lowest BCUT2D eigenvalue weighted by molar-refractivity contribution is -0.129. The van der Waals surface area contributed by atoms with Crippen LogP contribution < -0.4 is 15.5 Å². The number of aliphatic hydroxyl groups excluding tert-OH is 1. The van der Waals surface area contributed by atoms with Crippen LogP contribution in [0.5, 0.6) is 0 Å². The van der Waals surface area contributed by atoms with Crippen molar-refractivity contribution >= 4 is 28.3 Å². The first kappa shape index (κ1) is 30.7. The number of hydrogen-bond acceptors (Lipinski definition) is 9. The number of hydrogen-bond donors (Lipinski definition) is 3. The minimum atomic E-state index is -1.01. The molecule has 44 heavy (non-hydrogen) atoms. The van der Waals surface area contributed by atoms with E-state index in [0.717, 1.165) is 93.7 Å². The molecule has 6 rings (SSSR count). The Kier molecular flexibility index (Phi) is 9.88. The minimum absolute atomic E-state index is 0.218. The lowest BCUT2D eigenvalue weighted by Crippen LogP contribution is -2.60. The van der Waals surface area contributed by atoms with E-state index >= 15 is 0 Å². The highest BCUT2D eigenvalue weighted by molar-refractivity contribution is 7.14. The number of carbonyl (C=O) groups excluding carboxylic acids is 2. The van der Waals surface area contributed by atoms with Crippen molar-refractivity contribution in [3.8, 4) is 11.3 Å². The third-order valence-electron chi connectivity index (χ3n) is 9.03. The summed E-state index contributed by atoms with van der Waals surface area (Å²) < 4.78 is 5.49.